The standard InChI is InChI=1S/C28H28F3N5O3/c29-28(30,31)18-13-11-17(12-14-18)16-35-25(37)21(8-5-15-34-27(32)33)36-26(38)24-19-6-1-3-9-22(19)39-23-10-4-2-7-20(23)24/h1-4,6-7,9-14,21,24H,5,8,15-16H2,(H,35,37)(H,36,38)(H4,32,33,34)/t21-/m1/s1. The summed E-state index contributed by atoms with van der Waals surface area (Å²) < 4.78 is 44.5. The number of guanidine groups is 1. The molecule has 2 amide bonds. The number of nitrogens with one attached hydrogen (secondary N) is 2. The van der Waals surface area contributed by atoms with E-state index < -0.39 is 35.5 Å². The normalized spacial score (nSPS) is 13.3. The molecule has 0 spiro atoms. The molecule has 6 N–H and O–H groups in total. The minimum Gasteiger partial charge on any atom is -0.457 e. The summed E-state index contributed by atoms with van der Waals surface area (Å²) in [5, 5.41) is 5.56. The Balaban J connectivity index is 1.51. The number of hydrogen-bond acceptors (Lipinski definition) is 4. The first-order valence-corrected chi connectivity index (χ1v) is 12.3. The summed E-state index contributed by atoms with van der Waals surface area (Å²) >= 11 is 0. The summed E-state index contributed by atoms with van der Waals surface area (Å²) in [5.41, 5.74) is 11.8. The van der Waals surface area contributed by atoms with Crippen molar-refractivity contribution < 1.29 is 27.5 Å². The van der Waals surface area contributed by atoms with Crippen LogP contribution in [0, 0.1) is 0 Å². The largest absolute Gasteiger partial charge is 0.457 e. The molecular formula is C28H28F3N5O3. The molecule has 0 aromatic heterocycles. The number of ether oxygens (including phenoxy) is 1. The van der Waals surface area contributed by atoms with E-state index in [0.717, 1.165) is 12.1 Å². The van der Waals surface area contributed by atoms with Crippen molar-refractivity contribution in [2.24, 2.45) is 16.5 Å². The van der Waals surface area contributed by atoms with E-state index in [-0.39, 0.29) is 25.5 Å². The Kier molecular flexibility index (Phi) is 8.38. The maximum Gasteiger partial charge on any atom is 0.416 e. The zero-order valence-corrected chi connectivity index (χ0v) is 20.9. The van der Waals surface area contributed by atoms with Gasteiger partial charge in [-0.05, 0) is 42.7 Å². The molecule has 0 radical (unpaired) electrons. The maximum absolute atomic E-state index is 13.7. The summed E-state index contributed by atoms with van der Waals surface area (Å²) in [5.74, 6) is -0.581. The molecule has 0 aliphatic carbocycles. The van der Waals surface area contributed by atoms with Gasteiger partial charge >= 0.3 is 6.18 Å². The maximum atomic E-state index is 13.7. The van der Waals surface area contributed by atoms with E-state index in [1.807, 2.05) is 12.1 Å². The van der Waals surface area contributed by atoms with E-state index in [1.165, 1.54) is 12.1 Å². The number of halogens is 3. The third-order valence-electron chi connectivity index (χ3n) is 6.27. The number of carbonyl (C=O) groups excluding carboxylic acids is 2. The third kappa shape index (κ3) is 6.86. The van der Waals surface area contributed by atoms with Crippen molar-refractivity contribution in [3.8, 4) is 11.5 Å². The number of nitrogens with zero attached hydrogens (tertiary/aromatic N) is 1. The monoisotopic (exact) mass is 539 g/mol. The summed E-state index contributed by atoms with van der Waals surface area (Å²) in [6.45, 7) is 0.240. The van der Waals surface area contributed by atoms with Gasteiger partial charge in [-0.3, -0.25) is 14.6 Å². The number of amides is 2. The van der Waals surface area contributed by atoms with E-state index >= 15 is 0 Å². The highest BCUT2D eigenvalue weighted by atomic mass is 19.4. The van der Waals surface area contributed by atoms with Crippen LogP contribution in [0.1, 0.15) is 41.0 Å². The fraction of sp³-hybridized carbons (Fsp3) is 0.250. The van der Waals surface area contributed by atoms with Gasteiger partial charge in [-0.2, -0.15) is 13.2 Å². The lowest BCUT2D eigenvalue weighted by atomic mass is 9.87. The van der Waals surface area contributed by atoms with E-state index in [1.54, 1.807) is 36.4 Å². The Bertz CT molecular complexity index is 1310. The lowest BCUT2D eigenvalue weighted by molar-refractivity contribution is -0.137. The number of carbonyl (C=O) groups is 2. The summed E-state index contributed by atoms with van der Waals surface area (Å²) in [6, 6.07) is 17.9. The highest BCUT2D eigenvalue weighted by molar-refractivity contribution is 5.93. The molecule has 39 heavy (non-hydrogen) atoms. The molecule has 0 bridgehead atoms. The fourth-order valence-electron chi connectivity index (χ4n) is 4.34. The molecule has 0 fully saturated rings. The van der Waals surface area contributed by atoms with Gasteiger partial charge in [-0.1, -0.05) is 48.5 Å². The van der Waals surface area contributed by atoms with E-state index in [2.05, 4.69) is 15.6 Å². The predicted molar refractivity (Wildman–Crippen MR) is 140 cm³/mol. The van der Waals surface area contributed by atoms with E-state index in [4.69, 9.17) is 16.2 Å². The van der Waals surface area contributed by atoms with Crippen LogP contribution in [0.4, 0.5) is 13.2 Å². The van der Waals surface area contributed by atoms with Gasteiger partial charge in [-0.15, -0.1) is 0 Å². The molecule has 0 unspecified atom stereocenters. The van der Waals surface area contributed by atoms with Crippen molar-refractivity contribution in [3.63, 3.8) is 0 Å². The molecule has 0 saturated heterocycles. The lowest BCUT2D eigenvalue weighted by Crippen LogP contribution is -2.48. The number of rotatable bonds is 9. The number of hydrogen-bond donors (Lipinski definition) is 4. The van der Waals surface area contributed by atoms with Crippen LogP contribution < -0.4 is 26.8 Å². The van der Waals surface area contributed by atoms with E-state index in [9.17, 15) is 22.8 Å². The molecule has 1 aliphatic heterocycles. The molecule has 204 valence electrons. The van der Waals surface area contributed by atoms with E-state index in [0.29, 0.717) is 34.6 Å². The minimum atomic E-state index is -4.45. The van der Waals surface area contributed by atoms with Gasteiger partial charge in [0.2, 0.25) is 11.8 Å². The van der Waals surface area contributed by atoms with Crippen molar-refractivity contribution in [2.45, 2.75) is 37.5 Å². The van der Waals surface area contributed by atoms with Crippen LogP contribution in [0.3, 0.4) is 0 Å². The van der Waals surface area contributed by atoms with Crippen LogP contribution in [0.15, 0.2) is 77.8 Å². The highest BCUT2D eigenvalue weighted by Crippen LogP contribution is 2.44. The van der Waals surface area contributed by atoms with Gasteiger partial charge in [0, 0.05) is 24.2 Å². The van der Waals surface area contributed by atoms with Gasteiger partial charge in [0.15, 0.2) is 5.96 Å². The molecule has 8 nitrogen and oxygen atoms in total. The number of fused-ring (bicyclic) bond motifs is 2. The molecule has 1 heterocycles. The van der Waals surface area contributed by atoms with Crippen molar-refractivity contribution in [3.05, 3.63) is 95.1 Å². The SMILES string of the molecule is NC(N)=NCCC[C@@H](NC(=O)C1c2ccccc2Oc2ccccc21)C(=O)NCc1ccc(C(F)(F)F)cc1. The van der Waals surface area contributed by atoms with Crippen molar-refractivity contribution >= 4 is 17.8 Å². The second-order valence-corrected chi connectivity index (χ2v) is 9.03. The molecule has 11 heteroatoms. The molecule has 3 aromatic rings. The summed E-state index contributed by atoms with van der Waals surface area (Å²) in [6.07, 6.45) is -3.82. The Morgan fingerprint density at radius 1 is 0.923 bits per heavy atom. The van der Waals surface area contributed by atoms with Crippen LogP contribution in [0.5, 0.6) is 11.5 Å². The molecule has 1 atom stereocenters. The smallest absolute Gasteiger partial charge is 0.416 e. The zero-order chi connectivity index (χ0) is 28.0. The summed E-state index contributed by atoms with van der Waals surface area (Å²) in [7, 11) is 0. The molecule has 1 aliphatic rings. The van der Waals surface area contributed by atoms with Gasteiger partial charge in [0.1, 0.15) is 17.5 Å². The topological polar surface area (TPSA) is 132 Å². The van der Waals surface area contributed by atoms with Gasteiger partial charge in [-0.25, -0.2) is 0 Å². The van der Waals surface area contributed by atoms with Crippen molar-refractivity contribution in [1.82, 2.24) is 10.6 Å². The van der Waals surface area contributed by atoms with Crippen LogP contribution in [0.2, 0.25) is 0 Å². The number of benzene rings is 3. The van der Waals surface area contributed by atoms with Crippen LogP contribution in [0.25, 0.3) is 0 Å². The van der Waals surface area contributed by atoms with Gasteiger partial charge < -0.3 is 26.8 Å². The predicted octanol–water partition coefficient (Wildman–Crippen LogP) is 3.80. The fourth-order valence-corrected chi connectivity index (χ4v) is 4.34. The summed E-state index contributed by atoms with van der Waals surface area (Å²) in [4.78, 5) is 30.8. The Hall–Kier alpha value is -4.54. The van der Waals surface area contributed by atoms with Gasteiger partial charge in [0.25, 0.3) is 0 Å². The Morgan fingerprint density at radius 3 is 2.08 bits per heavy atom. The average Bonchev–Trinajstić information content (AvgIpc) is 2.91. The first-order chi connectivity index (χ1) is 18.6. The molecule has 3 aromatic carbocycles. The number of aliphatic imine (C=N–C) groups is 1. The minimum absolute atomic E-state index is 0.0137. The molecular weight excluding hydrogens is 511 g/mol. The average molecular weight is 540 g/mol. The van der Waals surface area contributed by atoms with Crippen molar-refractivity contribution in [2.75, 3.05) is 6.54 Å². The quantitative estimate of drug-likeness (QED) is 0.187. The van der Waals surface area contributed by atoms with Crippen molar-refractivity contribution in [1.29, 1.82) is 0 Å². The Morgan fingerprint density at radius 2 is 1.51 bits per heavy atom. The first kappa shape index (κ1) is 27.5. The van der Waals surface area contributed by atoms with Gasteiger partial charge in [0.05, 0.1) is 11.5 Å². The molecule has 0 saturated carbocycles. The Labute approximate surface area is 223 Å². The van der Waals surface area contributed by atoms with Crippen LogP contribution in [-0.2, 0) is 22.3 Å². The number of alkyl halides is 3. The second kappa shape index (κ2) is 11.9. The number of para-hydroxylation sites is 2. The third-order valence-corrected chi connectivity index (χ3v) is 6.27. The number of nitrogens with two attached hydrogens (primary N) is 2. The second-order valence-electron chi connectivity index (χ2n) is 9.03. The lowest BCUT2D eigenvalue weighted by Gasteiger charge is -2.29. The van der Waals surface area contributed by atoms with Crippen LogP contribution >= 0.6 is 0 Å². The molecule has 4 rings (SSSR count). The first-order valence-electron chi connectivity index (χ1n) is 12.3. The van der Waals surface area contributed by atoms with Crippen LogP contribution in [-0.4, -0.2) is 30.4 Å². The zero-order valence-electron chi connectivity index (χ0n) is 20.9. The highest BCUT2D eigenvalue weighted by Gasteiger charge is 2.34.